The minimum absolute atomic E-state index is 0.00178. The van der Waals surface area contributed by atoms with Gasteiger partial charge in [-0.2, -0.15) is 0 Å². The molecule has 0 atom stereocenters. The van der Waals surface area contributed by atoms with Gasteiger partial charge in [-0.3, -0.25) is 9.69 Å². The third-order valence-electron chi connectivity index (χ3n) is 5.40. The summed E-state index contributed by atoms with van der Waals surface area (Å²) in [5.41, 5.74) is 4.11. The molecule has 1 aliphatic heterocycles. The Morgan fingerprint density at radius 3 is 2.21 bits per heavy atom. The van der Waals surface area contributed by atoms with Gasteiger partial charge in [0.2, 0.25) is 0 Å². The first-order valence-electron chi connectivity index (χ1n) is 10.9. The van der Waals surface area contributed by atoms with Gasteiger partial charge in [0.1, 0.15) is 0 Å². The molecule has 0 radical (unpaired) electrons. The molecule has 0 bridgehead atoms. The number of amides is 1. The average molecular weight is 450 g/mol. The zero-order valence-electron chi connectivity index (χ0n) is 18.0. The molecule has 0 aliphatic carbocycles. The molecule has 1 aromatic heterocycles. The third-order valence-corrected chi connectivity index (χ3v) is 6.41. The standard InChI is InChI=1S/C28H23N3OS/c32-27-26(20-23-16-18-30(21-23)25-14-8-3-9-15-25)33-28(29-24-12-6-2-7-13-24)31(27)19-17-22-10-4-1-5-11-22/h1-16,18,20-21H,17,19H2/b26-20+,29-28?. The molecule has 2 heterocycles. The number of hydrogen-bond acceptors (Lipinski definition) is 3. The first-order chi connectivity index (χ1) is 16.3. The van der Waals surface area contributed by atoms with E-state index in [0.29, 0.717) is 11.4 Å². The first-order valence-corrected chi connectivity index (χ1v) is 11.7. The van der Waals surface area contributed by atoms with Crippen LogP contribution in [0.1, 0.15) is 11.1 Å². The second kappa shape index (κ2) is 9.76. The van der Waals surface area contributed by atoms with Crippen LogP contribution in [0.15, 0.2) is 119 Å². The number of aromatic nitrogens is 1. The van der Waals surface area contributed by atoms with Crippen molar-refractivity contribution in [2.24, 2.45) is 4.99 Å². The summed E-state index contributed by atoms with van der Waals surface area (Å²) in [6.45, 7) is 0.587. The van der Waals surface area contributed by atoms with Crippen molar-refractivity contribution in [1.29, 1.82) is 0 Å². The Morgan fingerprint density at radius 2 is 1.48 bits per heavy atom. The molecule has 0 saturated carbocycles. The number of para-hydroxylation sites is 2. The van der Waals surface area contributed by atoms with Gasteiger partial charge in [0.15, 0.2) is 5.17 Å². The van der Waals surface area contributed by atoms with E-state index in [0.717, 1.165) is 28.5 Å². The molecule has 3 aromatic carbocycles. The Kier molecular flexibility index (Phi) is 6.22. The van der Waals surface area contributed by atoms with Gasteiger partial charge in [-0.25, -0.2) is 4.99 Å². The number of carbonyl (C=O) groups excluding carboxylic acids is 1. The maximum atomic E-state index is 13.4. The van der Waals surface area contributed by atoms with Gasteiger partial charge in [-0.05, 0) is 65.7 Å². The fraction of sp³-hybridized carbons (Fsp3) is 0.0714. The summed E-state index contributed by atoms with van der Waals surface area (Å²) in [5.74, 6) is -0.00178. The Morgan fingerprint density at radius 1 is 0.818 bits per heavy atom. The first kappa shape index (κ1) is 21.0. The summed E-state index contributed by atoms with van der Waals surface area (Å²) >= 11 is 1.43. The molecule has 1 fully saturated rings. The van der Waals surface area contributed by atoms with E-state index in [1.54, 1.807) is 4.90 Å². The molecule has 4 nitrogen and oxygen atoms in total. The summed E-state index contributed by atoms with van der Waals surface area (Å²) < 4.78 is 2.06. The van der Waals surface area contributed by atoms with Crippen LogP contribution in [0.2, 0.25) is 0 Å². The molecule has 5 heteroatoms. The predicted octanol–water partition coefficient (Wildman–Crippen LogP) is 6.32. The monoisotopic (exact) mass is 449 g/mol. The van der Waals surface area contributed by atoms with Crippen LogP contribution in [-0.4, -0.2) is 27.1 Å². The summed E-state index contributed by atoms with van der Waals surface area (Å²) in [6.07, 6.45) is 6.78. The average Bonchev–Trinajstić information content (AvgIpc) is 3.44. The second-order valence-electron chi connectivity index (χ2n) is 7.72. The molecular formula is C28H23N3OS. The van der Waals surface area contributed by atoms with Crippen LogP contribution in [0.4, 0.5) is 5.69 Å². The predicted molar refractivity (Wildman–Crippen MR) is 137 cm³/mol. The topological polar surface area (TPSA) is 37.6 Å². The number of hydrogen-bond donors (Lipinski definition) is 0. The van der Waals surface area contributed by atoms with E-state index in [1.165, 1.54) is 17.3 Å². The van der Waals surface area contributed by atoms with Crippen LogP contribution in [-0.2, 0) is 11.2 Å². The lowest BCUT2D eigenvalue weighted by molar-refractivity contribution is -0.122. The van der Waals surface area contributed by atoms with E-state index < -0.39 is 0 Å². The molecule has 0 spiro atoms. The van der Waals surface area contributed by atoms with Crippen LogP contribution < -0.4 is 0 Å². The quantitative estimate of drug-likeness (QED) is 0.323. The highest BCUT2D eigenvalue weighted by molar-refractivity contribution is 8.18. The van der Waals surface area contributed by atoms with E-state index in [1.807, 2.05) is 91.3 Å². The van der Waals surface area contributed by atoms with Crippen molar-refractivity contribution < 1.29 is 4.79 Å². The fourth-order valence-corrected chi connectivity index (χ4v) is 4.72. The van der Waals surface area contributed by atoms with Crippen molar-refractivity contribution in [2.75, 3.05) is 6.54 Å². The zero-order valence-corrected chi connectivity index (χ0v) is 18.9. The van der Waals surface area contributed by atoms with Crippen LogP contribution >= 0.6 is 11.8 Å². The number of rotatable bonds is 6. The van der Waals surface area contributed by atoms with Crippen molar-refractivity contribution in [2.45, 2.75) is 6.42 Å². The van der Waals surface area contributed by atoms with E-state index in [4.69, 9.17) is 4.99 Å². The minimum Gasteiger partial charge on any atom is -0.323 e. The lowest BCUT2D eigenvalue weighted by Crippen LogP contribution is -2.31. The molecule has 33 heavy (non-hydrogen) atoms. The van der Waals surface area contributed by atoms with E-state index >= 15 is 0 Å². The van der Waals surface area contributed by atoms with Crippen LogP contribution in [0.5, 0.6) is 0 Å². The van der Waals surface area contributed by atoms with Gasteiger partial charge >= 0.3 is 0 Å². The van der Waals surface area contributed by atoms with Crippen LogP contribution in [0.3, 0.4) is 0 Å². The molecule has 162 valence electrons. The molecule has 5 rings (SSSR count). The fourth-order valence-electron chi connectivity index (χ4n) is 3.70. The summed E-state index contributed by atoms with van der Waals surface area (Å²) in [7, 11) is 0. The number of amidine groups is 1. The number of nitrogens with zero attached hydrogens (tertiary/aromatic N) is 3. The van der Waals surface area contributed by atoms with Gasteiger partial charge in [0.25, 0.3) is 5.91 Å². The van der Waals surface area contributed by atoms with Crippen molar-refractivity contribution in [3.05, 3.63) is 125 Å². The third kappa shape index (κ3) is 4.99. The number of benzene rings is 3. The van der Waals surface area contributed by atoms with Crippen LogP contribution in [0, 0.1) is 0 Å². The molecule has 0 unspecified atom stereocenters. The van der Waals surface area contributed by atoms with Gasteiger partial charge < -0.3 is 4.57 Å². The smallest absolute Gasteiger partial charge is 0.266 e. The summed E-state index contributed by atoms with van der Waals surface area (Å²) in [4.78, 5) is 20.6. The molecular weight excluding hydrogens is 426 g/mol. The lowest BCUT2D eigenvalue weighted by atomic mass is 10.1. The van der Waals surface area contributed by atoms with Crippen LogP contribution in [0.25, 0.3) is 11.8 Å². The van der Waals surface area contributed by atoms with E-state index in [9.17, 15) is 4.79 Å². The summed E-state index contributed by atoms with van der Waals surface area (Å²) in [5, 5.41) is 0.718. The largest absolute Gasteiger partial charge is 0.323 e. The molecule has 1 saturated heterocycles. The van der Waals surface area contributed by atoms with E-state index in [-0.39, 0.29) is 5.91 Å². The highest BCUT2D eigenvalue weighted by Gasteiger charge is 2.33. The Hall–Kier alpha value is -3.83. The maximum absolute atomic E-state index is 13.4. The lowest BCUT2D eigenvalue weighted by Gasteiger charge is -2.15. The van der Waals surface area contributed by atoms with Gasteiger partial charge in [-0.15, -0.1) is 0 Å². The normalized spacial score (nSPS) is 16.1. The molecule has 1 amide bonds. The zero-order chi connectivity index (χ0) is 22.5. The second-order valence-corrected chi connectivity index (χ2v) is 8.73. The Balaban J connectivity index is 1.42. The van der Waals surface area contributed by atoms with Crippen molar-refractivity contribution in [3.63, 3.8) is 0 Å². The highest BCUT2D eigenvalue weighted by Crippen LogP contribution is 2.34. The Labute approximate surface area is 197 Å². The number of thioether (sulfide) groups is 1. The molecule has 4 aromatic rings. The number of aliphatic imine (C=N–C) groups is 1. The number of carbonyl (C=O) groups is 1. The molecule has 1 aliphatic rings. The van der Waals surface area contributed by atoms with Gasteiger partial charge in [0, 0.05) is 24.6 Å². The molecule has 0 N–H and O–H groups in total. The van der Waals surface area contributed by atoms with E-state index in [2.05, 4.69) is 28.8 Å². The Bertz CT molecular complexity index is 1290. The highest BCUT2D eigenvalue weighted by atomic mass is 32.2. The maximum Gasteiger partial charge on any atom is 0.266 e. The van der Waals surface area contributed by atoms with Crippen molar-refractivity contribution in [3.8, 4) is 5.69 Å². The van der Waals surface area contributed by atoms with Gasteiger partial charge in [0.05, 0.1) is 10.6 Å². The van der Waals surface area contributed by atoms with Gasteiger partial charge in [-0.1, -0.05) is 66.7 Å². The van der Waals surface area contributed by atoms with Crippen molar-refractivity contribution >= 4 is 34.6 Å². The SMILES string of the molecule is O=C1/C(=C\c2ccn(-c3ccccc3)c2)SC(=Nc2ccccc2)N1CCc1ccccc1. The summed E-state index contributed by atoms with van der Waals surface area (Å²) in [6, 6.07) is 32.2. The van der Waals surface area contributed by atoms with Crippen molar-refractivity contribution in [1.82, 2.24) is 9.47 Å². The minimum atomic E-state index is -0.00178.